The van der Waals surface area contributed by atoms with Gasteiger partial charge in [0.05, 0.1) is 0 Å². The van der Waals surface area contributed by atoms with E-state index in [1.807, 2.05) is 0 Å². The highest BCUT2D eigenvalue weighted by Crippen LogP contribution is 2.45. The van der Waals surface area contributed by atoms with Gasteiger partial charge in [-0.3, -0.25) is 4.90 Å². The van der Waals surface area contributed by atoms with Gasteiger partial charge in [-0.2, -0.15) is 11.8 Å². The Labute approximate surface area is 103 Å². The molecule has 0 aromatic carbocycles. The Morgan fingerprint density at radius 2 is 2.06 bits per heavy atom. The highest BCUT2D eigenvalue weighted by atomic mass is 32.2. The lowest BCUT2D eigenvalue weighted by molar-refractivity contribution is 0.0971. The van der Waals surface area contributed by atoms with Gasteiger partial charge >= 0.3 is 0 Å². The predicted molar refractivity (Wildman–Crippen MR) is 70.8 cm³/mol. The zero-order chi connectivity index (χ0) is 11.2. The highest BCUT2D eigenvalue weighted by Gasteiger charge is 2.48. The number of nitrogens with two attached hydrogens (primary N) is 1. The summed E-state index contributed by atoms with van der Waals surface area (Å²) in [6, 6.07) is 0.884. The van der Waals surface area contributed by atoms with Crippen LogP contribution in [0.4, 0.5) is 0 Å². The largest absolute Gasteiger partial charge is 0.329 e. The van der Waals surface area contributed by atoms with Crippen molar-refractivity contribution in [3.8, 4) is 0 Å². The quantitative estimate of drug-likeness (QED) is 0.798. The van der Waals surface area contributed by atoms with E-state index in [-0.39, 0.29) is 0 Å². The molecule has 1 aliphatic heterocycles. The molecule has 2 atom stereocenters. The van der Waals surface area contributed by atoms with E-state index in [1.54, 1.807) is 0 Å². The fraction of sp³-hybridized carbons (Fsp3) is 1.00. The van der Waals surface area contributed by atoms with Crippen molar-refractivity contribution in [2.24, 2.45) is 11.7 Å². The van der Waals surface area contributed by atoms with E-state index < -0.39 is 0 Å². The van der Waals surface area contributed by atoms with Crippen molar-refractivity contribution < 1.29 is 0 Å². The first-order valence-corrected chi connectivity index (χ1v) is 7.87. The molecule has 1 heterocycles. The van der Waals surface area contributed by atoms with E-state index in [4.69, 9.17) is 5.73 Å². The van der Waals surface area contributed by atoms with Gasteiger partial charge < -0.3 is 5.73 Å². The second kappa shape index (κ2) is 4.18. The fourth-order valence-electron chi connectivity index (χ4n) is 3.10. The molecule has 0 amide bonds. The summed E-state index contributed by atoms with van der Waals surface area (Å²) in [4.78, 5) is 2.82. The first-order chi connectivity index (χ1) is 7.73. The lowest BCUT2D eigenvalue weighted by Gasteiger charge is -2.41. The Hall–Kier alpha value is 0.270. The summed E-state index contributed by atoms with van der Waals surface area (Å²) in [5, 5.41) is 0.809. The van der Waals surface area contributed by atoms with Crippen LogP contribution in [-0.2, 0) is 0 Å². The predicted octanol–water partition coefficient (Wildman–Crippen LogP) is 2.08. The minimum atomic E-state index is 0.355. The summed E-state index contributed by atoms with van der Waals surface area (Å²) < 4.78 is 0. The Morgan fingerprint density at radius 1 is 1.31 bits per heavy atom. The SMILES string of the molecule is CC1CC(CN)(N(CC2CC2)C2CC2)CS1. The molecule has 0 aromatic rings. The molecular weight excluding hydrogens is 216 g/mol. The summed E-state index contributed by atoms with van der Waals surface area (Å²) in [6.07, 6.45) is 7.09. The van der Waals surface area contributed by atoms with Gasteiger partial charge in [-0.05, 0) is 38.0 Å². The third-order valence-electron chi connectivity index (χ3n) is 4.43. The van der Waals surface area contributed by atoms with Crippen molar-refractivity contribution in [2.75, 3.05) is 18.8 Å². The summed E-state index contributed by atoms with van der Waals surface area (Å²) in [6.45, 7) is 4.58. The smallest absolute Gasteiger partial charge is 0.0435 e. The molecule has 2 aliphatic carbocycles. The van der Waals surface area contributed by atoms with Gasteiger partial charge in [-0.1, -0.05) is 6.92 Å². The van der Waals surface area contributed by atoms with Gasteiger partial charge in [0.25, 0.3) is 0 Å². The maximum Gasteiger partial charge on any atom is 0.0435 e. The molecule has 0 bridgehead atoms. The minimum absolute atomic E-state index is 0.355. The van der Waals surface area contributed by atoms with Gasteiger partial charge in [0.1, 0.15) is 0 Å². The maximum absolute atomic E-state index is 6.14. The van der Waals surface area contributed by atoms with Crippen LogP contribution in [0.5, 0.6) is 0 Å². The molecule has 0 radical (unpaired) electrons. The van der Waals surface area contributed by atoms with Crippen LogP contribution in [0.25, 0.3) is 0 Å². The van der Waals surface area contributed by atoms with Crippen molar-refractivity contribution in [3.05, 3.63) is 0 Å². The number of hydrogen-bond acceptors (Lipinski definition) is 3. The van der Waals surface area contributed by atoms with Crippen LogP contribution >= 0.6 is 11.8 Å². The fourth-order valence-corrected chi connectivity index (χ4v) is 4.53. The molecule has 2 unspecified atom stereocenters. The normalized spacial score (nSPS) is 39.6. The van der Waals surface area contributed by atoms with Crippen molar-refractivity contribution in [1.29, 1.82) is 0 Å². The molecule has 0 spiro atoms. The number of rotatable bonds is 5. The molecule has 0 aromatic heterocycles. The van der Waals surface area contributed by atoms with E-state index in [1.165, 1.54) is 44.4 Å². The lowest BCUT2D eigenvalue weighted by atomic mass is 9.93. The van der Waals surface area contributed by atoms with Crippen LogP contribution in [0.1, 0.15) is 39.0 Å². The van der Waals surface area contributed by atoms with Crippen molar-refractivity contribution >= 4 is 11.8 Å². The van der Waals surface area contributed by atoms with Crippen LogP contribution in [-0.4, -0.2) is 40.6 Å². The monoisotopic (exact) mass is 240 g/mol. The molecule has 3 fully saturated rings. The minimum Gasteiger partial charge on any atom is -0.329 e. The molecule has 2 saturated carbocycles. The molecule has 16 heavy (non-hydrogen) atoms. The highest BCUT2D eigenvalue weighted by molar-refractivity contribution is 8.00. The summed E-state index contributed by atoms with van der Waals surface area (Å²) in [5.41, 5.74) is 6.49. The molecule has 3 heteroatoms. The Kier molecular flexibility index (Phi) is 2.97. The first kappa shape index (κ1) is 11.4. The van der Waals surface area contributed by atoms with E-state index >= 15 is 0 Å². The Bertz CT molecular complexity index is 263. The van der Waals surface area contributed by atoms with Crippen molar-refractivity contribution in [1.82, 2.24) is 4.90 Å². The third kappa shape index (κ3) is 2.14. The van der Waals surface area contributed by atoms with Crippen LogP contribution in [0.15, 0.2) is 0 Å². The molecular formula is C13H24N2S. The average molecular weight is 240 g/mol. The molecule has 3 rings (SSSR count). The molecule has 3 aliphatic rings. The van der Waals surface area contributed by atoms with Crippen LogP contribution in [0.3, 0.4) is 0 Å². The van der Waals surface area contributed by atoms with Gasteiger partial charge in [0, 0.05) is 35.7 Å². The lowest BCUT2D eigenvalue weighted by Crippen LogP contribution is -2.56. The van der Waals surface area contributed by atoms with E-state index in [0.29, 0.717) is 5.54 Å². The van der Waals surface area contributed by atoms with Gasteiger partial charge in [0.15, 0.2) is 0 Å². The van der Waals surface area contributed by atoms with Gasteiger partial charge in [0.2, 0.25) is 0 Å². The van der Waals surface area contributed by atoms with Crippen LogP contribution < -0.4 is 5.73 Å². The zero-order valence-electron chi connectivity index (χ0n) is 10.3. The molecule has 1 saturated heterocycles. The van der Waals surface area contributed by atoms with Crippen molar-refractivity contribution in [3.63, 3.8) is 0 Å². The Balaban J connectivity index is 1.73. The van der Waals surface area contributed by atoms with Gasteiger partial charge in [-0.15, -0.1) is 0 Å². The van der Waals surface area contributed by atoms with Crippen molar-refractivity contribution in [2.45, 2.75) is 55.9 Å². The molecule has 2 nitrogen and oxygen atoms in total. The standard InChI is InChI=1S/C13H24N2S/c1-10-6-13(8-14,9-16-10)15(12-4-5-12)7-11-2-3-11/h10-12H,2-9,14H2,1H3. The zero-order valence-corrected chi connectivity index (χ0v) is 11.1. The van der Waals surface area contributed by atoms with E-state index in [9.17, 15) is 0 Å². The molecule has 92 valence electrons. The number of hydrogen-bond donors (Lipinski definition) is 1. The average Bonchev–Trinajstić information content (AvgIpc) is 3.15. The van der Waals surface area contributed by atoms with Gasteiger partial charge in [-0.25, -0.2) is 0 Å². The Morgan fingerprint density at radius 3 is 2.50 bits per heavy atom. The second-order valence-electron chi connectivity index (χ2n) is 6.08. The summed E-state index contributed by atoms with van der Waals surface area (Å²) in [7, 11) is 0. The summed E-state index contributed by atoms with van der Waals surface area (Å²) >= 11 is 2.13. The van der Waals surface area contributed by atoms with Crippen LogP contribution in [0, 0.1) is 5.92 Å². The second-order valence-corrected chi connectivity index (χ2v) is 7.51. The topological polar surface area (TPSA) is 29.3 Å². The molecule has 2 N–H and O–H groups in total. The van der Waals surface area contributed by atoms with E-state index in [0.717, 1.165) is 23.8 Å². The van der Waals surface area contributed by atoms with Crippen LogP contribution in [0.2, 0.25) is 0 Å². The first-order valence-electron chi connectivity index (χ1n) is 6.82. The third-order valence-corrected chi connectivity index (χ3v) is 5.87. The number of nitrogens with zero attached hydrogens (tertiary/aromatic N) is 1. The maximum atomic E-state index is 6.14. The number of thioether (sulfide) groups is 1. The summed E-state index contributed by atoms with van der Waals surface area (Å²) in [5.74, 6) is 2.28. The van der Waals surface area contributed by atoms with E-state index in [2.05, 4.69) is 23.6 Å².